The van der Waals surface area contributed by atoms with Crippen LogP contribution in [0.1, 0.15) is 44.9 Å². The number of nitrogens with two attached hydrogens (primary N) is 4. The van der Waals surface area contributed by atoms with Crippen molar-refractivity contribution >= 4 is 0 Å². The van der Waals surface area contributed by atoms with E-state index in [1.165, 1.54) is 32.1 Å². The third kappa shape index (κ3) is 8.05. The lowest BCUT2D eigenvalue weighted by molar-refractivity contribution is 0.297. The summed E-state index contributed by atoms with van der Waals surface area (Å²) in [6.45, 7) is 2.19. The summed E-state index contributed by atoms with van der Waals surface area (Å²) in [5.74, 6) is 0.771. The second kappa shape index (κ2) is 11.3. The summed E-state index contributed by atoms with van der Waals surface area (Å²) in [5.41, 5.74) is 21.6. The van der Waals surface area contributed by atoms with E-state index in [1.807, 2.05) is 0 Å². The van der Waals surface area contributed by atoms with Gasteiger partial charge in [0.05, 0.1) is 0 Å². The average Bonchev–Trinajstić information content (AvgIpc) is 2.32. The average molecular weight is 230 g/mol. The molecule has 1 aliphatic rings. The Labute approximate surface area is 100 Å². The molecule has 0 radical (unpaired) electrons. The van der Waals surface area contributed by atoms with Gasteiger partial charge in [-0.25, -0.2) is 0 Å². The molecule has 1 fully saturated rings. The van der Waals surface area contributed by atoms with Crippen LogP contribution in [-0.4, -0.2) is 25.7 Å². The summed E-state index contributed by atoms with van der Waals surface area (Å²) in [6, 6.07) is 0.375. The molecule has 0 bridgehead atoms. The minimum Gasteiger partial charge on any atom is -0.330 e. The lowest BCUT2D eigenvalue weighted by Crippen LogP contribution is -2.33. The van der Waals surface area contributed by atoms with E-state index >= 15 is 0 Å². The summed E-state index contributed by atoms with van der Waals surface area (Å²) in [5, 5.41) is 0. The number of rotatable bonds is 5. The highest BCUT2D eigenvalue weighted by atomic mass is 14.7. The van der Waals surface area contributed by atoms with Gasteiger partial charge in [-0.1, -0.05) is 19.3 Å². The number of hydrogen-bond acceptors (Lipinski definition) is 4. The zero-order valence-electron chi connectivity index (χ0n) is 10.5. The largest absolute Gasteiger partial charge is 0.330 e. The highest BCUT2D eigenvalue weighted by Crippen LogP contribution is 2.26. The van der Waals surface area contributed by atoms with E-state index in [0.717, 1.165) is 38.4 Å². The third-order valence-corrected chi connectivity index (χ3v) is 3.16. The van der Waals surface area contributed by atoms with Crippen LogP contribution in [0.4, 0.5) is 0 Å². The summed E-state index contributed by atoms with van der Waals surface area (Å²) in [6.07, 6.45) is 8.78. The zero-order valence-corrected chi connectivity index (χ0v) is 10.5. The van der Waals surface area contributed by atoms with Crippen molar-refractivity contribution < 1.29 is 0 Å². The molecular weight excluding hydrogens is 200 g/mol. The van der Waals surface area contributed by atoms with Crippen molar-refractivity contribution in [2.24, 2.45) is 28.9 Å². The first kappa shape index (κ1) is 15.8. The van der Waals surface area contributed by atoms with Gasteiger partial charge in [0.1, 0.15) is 0 Å². The monoisotopic (exact) mass is 230 g/mol. The van der Waals surface area contributed by atoms with E-state index in [1.54, 1.807) is 0 Å². The Balaban J connectivity index is 0.000000385. The predicted octanol–water partition coefficient (Wildman–Crippen LogP) is 0.537. The molecule has 0 heterocycles. The Bertz CT molecular complexity index is 133. The zero-order chi connectivity index (χ0) is 12.2. The Morgan fingerprint density at radius 2 is 1.44 bits per heavy atom. The number of hydrogen-bond donors (Lipinski definition) is 4. The first-order chi connectivity index (χ1) is 7.76. The van der Waals surface area contributed by atoms with Gasteiger partial charge in [-0.05, 0) is 51.2 Å². The molecule has 4 heteroatoms. The fraction of sp³-hybridized carbons (Fsp3) is 1.00. The molecule has 1 saturated carbocycles. The second-order valence-corrected chi connectivity index (χ2v) is 4.57. The van der Waals surface area contributed by atoms with E-state index in [9.17, 15) is 0 Å². The van der Waals surface area contributed by atoms with E-state index < -0.39 is 0 Å². The van der Waals surface area contributed by atoms with Crippen molar-refractivity contribution in [2.75, 3.05) is 19.6 Å². The summed E-state index contributed by atoms with van der Waals surface area (Å²) >= 11 is 0. The third-order valence-electron chi connectivity index (χ3n) is 3.16. The van der Waals surface area contributed by atoms with Crippen LogP contribution >= 0.6 is 0 Å². The SMILES string of the molecule is NCCC(N)C1CCCCC1.NCCCN. The fourth-order valence-electron chi connectivity index (χ4n) is 2.11. The van der Waals surface area contributed by atoms with Crippen LogP contribution in [-0.2, 0) is 0 Å². The molecule has 0 amide bonds. The van der Waals surface area contributed by atoms with Gasteiger partial charge in [0.15, 0.2) is 0 Å². The lowest BCUT2D eigenvalue weighted by Gasteiger charge is -2.26. The van der Waals surface area contributed by atoms with Crippen LogP contribution in [0.15, 0.2) is 0 Å². The van der Waals surface area contributed by atoms with E-state index in [-0.39, 0.29) is 0 Å². The van der Waals surface area contributed by atoms with Crippen LogP contribution in [0.25, 0.3) is 0 Å². The molecule has 0 aliphatic heterocycles. The van der Waals surface area contributed by atoms with Crippen molar-refractivity contribution in [2.45, 2.75) is 51.0 Å². The van der Waals surface area contributed by atoms with Gasteiger partial charge in [-0.15, -0.1) is 0 Å². The molecular formula is C12H30N4. The molecule has 98 valence electrons. The molecule has 0 spiro atoms. The quantitative estimate of drug-likeness (QED) is 0.553. The van der Waals surface area contributed by atoms with Crippen LogP contribution in [0.2, 0.25) is 0 Å². The molecule has 0 aromatic rings. The molecule has 4 nitrogen and oxygen atoms in total. The van der Waals surface area contributed by atoms with Crippen LogP contribution in [0, 0.1) is 5.92 Å². The molecule has 1 rings (SSSR count). The van der Waals surface area contributed by atoms with Gasteiger partial charge in [-0.2, -0.15) is 0 Å². The highest BCUT2D eigenvalue weighted by molar-refractivity contribution is 4.76. The Hall–Kier alpha value is -0.160. The van der Waals surface area contributed by atoms with Crippen LogP contribution < -0.4 is 22.9 Å². The topological polar surface area (TPSA) is 104 Å². The minimum atomic E-state index is 0.375. The Morgan fingerprint density at radius 3 is 1.81 bits per heavy atom. The Morgan fingerprint density at radius 1 is 0.875 bits per heavy atom. The maximum Gasteiger partial charge on any atom is 0.00791 e. The molecule has 8 N–H and O–H groups in total. The van der Waals surface area contributed by atoms with Crippen molar-refractivity contribution in [3.8, 4) is 0 Å². The van der Waals surface area contributed by atoms with Crippen LogP contribution in [0.3, 0.4) is 0 Å². The molecule has 0 aromatic heterocycles. The standard InChI is InChI=1S/C9H20N2.C3H10N2/c10-7-6-9(11)8-4-2-1-3-5-8;4-2-1-3-5/h8-9H,1-7,10-11H2;1-5H2. The highest BCUT2D eigenvalue weighted by Gasteiger charge is 2.19. The van der Waals surface area contributed by atoms with Gasteiger partial charge in [0.2, 0.25) is 0 Å². The normalized spacial score (nSPS) is 18.8. The maximum atomic E-state index is 5.98. The first-order valence-electron chi connectivity index (χ1n) is 6.62. The van der Waals surface area contributed by atoms with Crippen molar-refractivity contribution in [1.29, 1.82) is 0 Å². The van der Waals surface area contributed by atoms with Gasteiger partial charge in [0, 0.05) is 6.04 Å². The van der Waals surface area contributed by atoms with E-state index in [2.05, 4.69) is 0 Å². The summed E-state index contributed by atoms with van der Waals surface area (Å²) < 4.78 is 0. The van der Waals surface area contributed by atoms with Crippen LogP contribution in [0.5, 0.6) is 0 Å². The van der Waals surface area contributed by atoms with Crippen molar-refractivity contribution in [3.05, 3.63) is 0 Å². The lowest BCUT2D eigenvalue weighted by atomic mass is 9.83. The molecule has 1 atom stereocenters. The van der Waals surface area contributed by atoms with Gasteiger partial charge < -0.3 is 22.9 Å². The molecule has 1 aliphatic carbocycles. The Kier molecular flexibility index (Phi) is 11.2. The summed E-state index contributed by atoms with van der Waals surface area (Å²) in [4.78, 5) is 0. The van der Waals surface area contributed by atoms with E-state index in [0.29, 0.717) is 6.04 Å². The molecule has 0 saturated heterocycles. The summed E-state index contributed by atoms with van der Waals surface area (Å²) in [7, 11) is 0. The molecule has 16 heavy (non-hydrogen) atoms. The van der Waals surface area contributed by atoms with Gasteiger partial charge in [0.25, 0.3) is 0 Å². The van der Waals surface area contributed by atoms with Gasteiger partial charge >= 0.3 is 0 Å². The van der Waals surface area contributed by atoms with Crippen molar-refractivity contribution in [3.63, 3.8) is 0 Å². The second-order valence-electron chi connectivity index (χ2n) is 4.57. The predicted molar refractivity (Wildman–Crippen MR) is 70.9 cm³/mol. The van der Waals surface area contributed by atoms with Gasteiger partial charge in [-0.3, -0.25) is 0 Å². The molecule has 0 aromatic carbocycles. The van der Waals surface area contributed by atoms with Crippen molar-refractivity contribution in [1.82, 2.24) is 0 Å². The first-order valence-corrected chi connectivity index (χ1v) is 6.62. The maximum absolute atomic E-state index is 5.98. The minimum absolute atomic E-state index is 0.375. The fourth-order valence-corrected chi connectivity index (χ4v) is 2.11. The molecule has 1 unspecified atom stereocenters. The van der Waals surface area contributed by atoms with E-state index in [4.69, 9.17) is 22.9 Å². The smallest absolute Gasteiger partial charge is 0.00791 e.